The van der Waals surface area contributed by atoms with Gasteiger partial charge in [0.15, 0.2) is 0 Å². The molecule has 2 aromatic rings. The van der Waals surface area contributed by atoms with Gasteiger partial charge in [-0.25, -0.2) is 0 Å². The summed E-state index contributed by atoms with van der Waals surface area (Å²) < 4.78 is 11.1. The van der Waals surface area contributed by atoms with Gasteiger partial charge in [0, 0.05) is 25.1 Å². The molecule has 7 nitrogen and oxygen atoms in total. The molecule has 7 heteroatoms. The molecule has 0 bridgehead atoms. The van der Waals surface area contributed by atoms with Gasteiger partial charge < -0.3 is 25.0 Å². The molecule has 0 radical (unpaired) electrons. The van der Waals surface area contributed by atoms with E-state index in [1.807, 2.05) is 24.3 Å². The van der Waals surface area contributed by atoms with Crippen LogP contribution in [0.2, 0.25) is 0 Å². The maximum atomic E-state index is 12.0. The summed E-state index contributed by atoms with van der Waals surface area (Å²) in [5.74, 6) is 0.473. The quantitative estimate of drug-likeness (QED) is 0.296. The SMILES string of the molecule is COc1ccc(/C=C/CCCCOc2ccc(NC(=O)CCCCO)cc2CCC(=O)O)cc1. The Balaban J connectivity index is 1.82. The van der Waals surface area contributed by atoms with Gasteiger partial charge in [0.05, 0.1) is 13.7 Å². The maximum Gasteiger partial charge on any atom is 0.303 e. The lowest BCUT2D eigenvalue weighted by Gasteiger charge is -2.13. The molecule has 34 heavy (non-hydrogen) atoms. The molecule has 0 aliphatic heterocycles. The summed E-state index contributed by atoms with van der Waals surface area (Å²) in [4.78, 5) is 23.1. The van der Waals surface area contributed by atoms with Gasteiger partial charge in [-0.15, -0.1) is 0 Å². The van der Waals surface area contributed by atoms with Crippen LogP contribution < -0.4 is 14.8 Å². The van der Waals surface area contributed by atoms with Gasteiger partial charge >= 0.3 is 5.97 Å². The van der Waals surface area contributed by atoms with Crippen molar-refractivity contribution in [1.29, 1.82) is 0 Å². The van der Waals surface area contributed by atoms with E-state index in [1.165, 1.54) is 0 Å². The van der Waals surface area contributed by atoms with Gasteiger partial charge in [-0.3, -0.25) is 9.59 Å². The number of hydrogen-bond donors (Lipinski definition) is 3. The van der Waals surface area contributed by atoms with Crippen molar-refractivity contribution >= 4 is 23.6 Å². The predicted octanol–water partition coefficient (Wildman–Crippen LogP) is 5.08. The Morgan fingerprint density at radius 3 is 2.50 bits per heavy atom. The smallest absolute Gasteiger partial charge is 0.303 e. The minimum Gasteiger partial charge on any atom is -0.497 e. The van der Waals surface area contributed by atoms with Crippen LogP contribution in [0.15, 0.2) is 48.5 Å². The van der Waals surface area contributed by atoms with E-state index >= 15 is 0 Å². The molecule has 0 unspecified atom stereocenters. The van der Waals surface area contributed by atoms with Crippen LogP contribution in [0.3, 0.4) is 0 Å². The first-order valence-electron chi connectivity index (χ1n) is 11.7. The molecule has 2 rings (SSSR count). The molecule has 0 spiro atoms. The molecule has 0 aliphatic carbocycles. The minimum absolute atomic E-state index is 0.0135. The number of carbonyl (C=O) groups excluding carboxylic acids is 1. The lowest BCUT2D eigenvalue weighted by Crippen LogP contribution is -2.12. The first-order valence-corrected chi connectivity index (χ1v) is 11.7. The number of anilines is 1. The lowest BCUT2D eigenvalue weighted by atomic mass is 10.1. The second-order valence-corrected chi connectivity index (χ2v) is 7.96. The highest BCUT2D eigenvalue weighted by atomic mass is 16.5. The number of rotatable bonds is 16. The fourth-order valence-corrected chi connectivity index (χ4v) is 3.34. The lowest BCUT2D eigenvalue weighted by molar-refractivity contribution is -0.137. The third-order valence-corrected chi connectivity index (χ3v) is 5.21. The Labute approximate surface area is 201 Å². The number of nitrogens with one attached hydrogen (secondary N) is 1. The van der Waals surface area contributed by atoms with Gasteiger partial charge in [0.1, 0.15) is 11.5 Å². The van der Waals surface area contributed by atoms with E-state index in [9.17, 15) is 9.59 Å². The van der Waals surface area contributed by atoms with E-state index in [1.54, 1.807) is 25.3 Å². The summed E-state index contributed by atoms with van der Waals surface area (Å²) in [5, 5.41) is 20.7. The first-order chi connectivity index (χ1) is 16.5. The molecule has 0 aliphatic rings. The zero-order chi connectivity index (χ0) is 24.6. The fraction of sp³-hybridized carbons (Fsp3) is 0.407. The number of carboxylic acid groups (broad SMARTS) is 1. The summed E-state index contributed by atoms with van der Waals surface area (Å²) in [7, 11) is 1.65. The van der Waals surface area contributed by atoms with Crippen molar-refractivity contribution in [1.82, 2.24) is 0 Å². The van der Waals surface area contributed by atoms with E-state index in [0.717, 1.165) is 36.1 Å². The van der Waals surface area contributed by atoms with Crippen LogP contribution in [0.5, 0.6) is 11.5 Å². The molecule has 0 heterocycles. The molecule has 0 fully saturated rings. The number of aliphatic hydroxyl groups is 1. The summed E-state index contributed by atoms with van der Waals surface area (Å²) >= 11 is 0. The molecule has 184 valence electrons. The van der Waals surface area contributed by atoms with Crippen LogP contribution in [-0.2, 0) is 16.0 Å². The molecular weight excluding hydrogens is 434 g/mol. The second kappa shape index (κ2) is 15.5. The first kappa shape index (κ1) is 26.9. The number of carbonyl (C=O) groups is 2. The third kappa shape index (κ3) is 10.5. The molecule has 0 saturated heterocycles. The average molecular weight is 470 g/mol. The summed E-state index contributed by atoms with van der Waals surface area (Å²) in [6, 6.07) is 13.2. The summed E-state index contributed by atoms with van der Waals surface area (Å²) in [6.45, 7) is 0.598. The zero-order valence-electron chi connectivity index (χ0n) is 19.8. The number of aryl methyl sites for hydroxylation is 1. The molecule has 0 aromatic heterocycles. The van der Waals surface area contributed by atoms with Crippen molar-refractivity contribution in [3.63, 3.8) is 0 Å². The highest BCUT2D eigenvalue weighted by Crippen LogP contribution is 2.25. The molecule has 0 atom stereocenters. The van der Waals surface area contributed by atoms with E-state index in [4.69, 9.17) is 19.7 Å². The number of methoxy groups -OCH3 is 1. The average Bonchev–Trinajstić information content (AvgIpc) is 2.83. The number of ether oxygens (including phenoxy) is 2. The van der Waals surface area contributed by atoms with E-state index in [2.05, 4.69) is 17.5 Å². The molecular formula is C27H35NO6. The zero-order valence-corrected chi connectivity index (χ0v) is 19.8. The second-order valence-electron chi connectivity index (χ2n) is 7.96. The number of benzene rings is 2. The molecule has 2 aromatic carbocycles. The van der Waals surface area contributed by atoms with Crippen LogP contribution in [0, 0.1) is 0 Å². The number of carboxylic acids is 1. The Hall–Kier alpha value is -3.32. The van der Waals surface area contributed by atoms with Gasteiger partial charge in [-0.05, 0) is 80.0 Å². The third-order valence-electron chi connectivity index (χ3n) is 5.21. The van der Waals surface area contributed by atoms with Crippen molar-refractivity contribution in [2.24, 2.45) is 0 Å². The standard InChI is InChI=1S/C27H35NO6/c1-33-24-14-10-21(11-15-24)8-4-2-3-7-19-34-25-16-13-23(20-22(25)12-17-27(31)32)28-26(30)9-5-6-18-29/h4,8,10-11,13-16,20,29H,2-3,5-7,9,12,17-19H2,1H3,(H,28,30)(H,31,32)/b8-4+. The number of unbranched alkanes of at least 4 members (excludes halogenated alkanes) is 3. The number of hydrogen-bond acceptors (Lipinski definition) is 5. The predicted molar refractivity (Wildman–Crippen MR) is 133 cm³/mol. The van der Waals surface area contributed by atoms with Gasteiger partial charge in [0.25, 0.3) is 0 Å². The fourth-order valence-electron chi connectivity index (χ4n) is 3.34. The van der Waals surface area contributed by atoms with Crippen LogP contribution in [-0.4, -0.2) is 42.4 Å². The van der Waals surface area contributed by atoms with Crippen LogP contribution in [0.25, 0.3) is 6.08 Å². The normalized spacial score (nSPS) is 10.9. The van der Waals surface area contributed by atoms with Gasteiger partial charge in [-0.1, -0.05) is 24.3 Å². The topological polar surface area (TPSA) is 105 Å². The van der Waals surface area contributed by atoms with Crippen LogP contribution >= 0.6 is 0 Å². The highest BCUT2D eigenvalue weighted by molar-refractivity contribution is 5.90. The van der Waals surface area contributed by atoms with E-state index in [-0.39, 0.29) is 18.9 Å². The Morgan fingerprint density at radius 1 is 1.00 bits per heavy atom. The van der Waals surface area contributed by atoms with Crippen LogP contribution in [0.4, 0.5) is 5.69 Å². The number of amides is 1. The molecule has 3 N–H and O–H groups in total. The summed E-state index contributed by atoms with van der Waals surface area (Å²) in [6.07, 6.45) is 8.83. The molecule has 0 saturated carbocycles. The highest BCUT2D eigenvalue weighted by Gasteiger charge is 2.10. The van der Waals surface area contributed by atoms with Crippen molar-refractivity contribution in [3.05, 3.63) is 59.7 Å². The van der Waals surface area contributed by atoms with E-state index < -0.39 is 5.97 Å². The Kier molecular flexibility index (Phi) is 12.3. The summed E-state index contributed by atoms with van der Waals surface area (Å²) in [5.41, 5.74) is 2.50. The van der Waals surface area contributed by atoms with Crippen molar-refractivity contribution in [2.45, 2.75) is 51.4 Å². The van der Waals surface area contributed by atoms with Gasteiger partial charge in [0.2, 0.25) is 5.91 Å². The number of aliphatic hydroxyl groups excluding tert-OH is 1. The number of aliphatic carboxylic acids is 1. The monoisotopic (exact) mass is 469 g/mol. The minimum atomic E-state index is -0.881. The van der Waals surface area contributed by atoms with Crippen molar-refractivity contribution in [3.8, 4) is 11.5 Å². The molecule has 1 amide bonds. The van der Waals surface area contributed by atoms with Gasteiger partial charge in [-0.2, -0.15) is 0 Å². The number of allylic oxidation sites excluding steroid dienone is 1. The van der Waals surface area contributed by atoms with E-state index in [0.29, 0.717) is 43.7 Å². The van der Waals surface area contributed by atoms with Crippen molar-refractivity contribution in [2.75, 3.05) is 25.6 Å². The Bertz CT molecular complexity index is 923. The van der Waals surface area contributed by atoms with Crippen molar-refractivity contribution < 1.29 is 29.3 Å². The van der Waals surface area contributed by atoms with Crippen LogP contribution in [0.1, 0.15) is 56.1 Å². The maximum absolute atomic E-state index is 12.0. The largest absolute Gasteiger partial charge is 0.497 e. The Morgan fingerprint density at radius 2 is 1.79 bits per heavy atom.